The predicted molar refractivity (Wildman–Crippen MR) is 87.0 cm³/mol. The van der Waals surface area contributed by atoms with Crippen LogP contribution in [0, 0.1) is 12.1 Å². The summed E-state index contributed by atoms with van der Waals surface area (Å²) < 4.78 is 1.57. The Labute approximate surface area is 121 Å². The van der Waals surface area contributed by atoms with Gasteiger partial charge in [-0.1, -0.05) is 6.08 Å². The van der Waals surface area contributed by atoms with Gasteiger partial charge in [0.25, 0.3) is 0 Å². The van der Waals surface area contributed by atoms with Gasteiger partial charge in [0.2, 0.25) is 0 Å². The molecule has 0 fully saturated rings. The zero-order chi connectivity index (χ0) is 13.8. The van der Waals surface area contributed by atoms with Crippen LogP contribution >= 0.6 is 21.0 Å². The topological polar surface area (TPSA) is 103 Å². The highest BCUT2D eigenvalue weighted by Gasteiger charge is 2.02. The Bertz CT molecular complexity index is 606. The third-order valence-electron chi connectivity index (χ3n) is 2.39. The van der Waals surface area contributed by atoms with E-state index in [-0.39, 0.29) is 0 Å². The van der Waals surface area contributed by atoms with Crippen molar-refractivity contribution in [3.8, 4) is 0 Å². The number of hydrogen-bond donors (Lipinski definition) is 2. The number of nitrogens with two attached hydrogens (primary N) is 2. The fourth-order valence-corrected chi connectivity index (χ4v) is 2.77. The number of benzene rings is 1. The second kappa shape index (κ2) is 5.93. The average Bonchev–Trinajstić information content (AvgIpc) is 2.56. The molecule has 0 saturated carbocycles. The van der Waals surface area contributed by atoms with Gasteiger partial charge < -0.3 is 20.0 Å². The van der Waals surface area contributed by atoms with Crippen molar-refractivity contribution in [3.05, 3.63) is 47.3 Å². The lowest BCUT2D eigenvalue weighted by Crippen LogP contribution is -1.94. The molecule has 1 aliphatic heterocycles. The zero-order valence-electron chi connectivity index (χ0n) is 10.2. The minimum Gasteiger partial charge on any atom is -0.750 e. The molecule has 7 heteroatoms. The molecule has 1 aromatic carbocycles. The first-order chi connectivity index (χ1) is 9.06. The first kappa shape index (κ1) is 13.7. The number of anilines is 2. The van der Waals surface area contributed by atoms with Crippen LogP contribution in [0.5, 0.6) is 0 Å². The second-order valence-electron chi connectivity index (χ2n) is 3.85. The van der Waals surface area contributed by atoms with Gasteiger partial charge in [0.05, 0.1) is 5.69 Å². The molecule has 100 valence electrons. The summed E-state index contributed by atoms with van der Waals surface area (Å²) in [6.45, 7) is 1.88. The summed E-state index contributed by atoms with van der Waals surface area (Å²) in [5.41, 5.74) is 14.1. The van der Waals surface area contributed by atoms with Gasteiger partial charge in [-0.25, -0.2) is 0 Å². The lowest BCUT2D eigenvalue weighted by molar-refractivity contribution is 0.928. The zero-order valence-corrected chi connectivity index (χ0v) is 12.4. The van der Waals surface area contributed by atoms with E-state index < -0.39 is 21.0 Å². The molecular formula is C12H13IN5O-. The van der Waals surface area contributed by atoms with E-state index in [2.05, 4.69) is 10.2 Å². The number of nitrogen functional groups attached to an aromatic ring is 2. The lowest BCUT2D eigenvalue weighted by atomic mass is 10.1. The quantitative estimate of drug-likeness (QED) is 0.361. The number of aryl methyl sites for hydroxylation is 1. The Morgan fingerprint density at radius 3 is 2.74 bits per heavy atom. The van der Waals surface area contributed by atoms with Crippen molar-refractivity contribution in [1.82, 2.24) is 3.28 Å². The van der Waals surface area contributed by atoms with Crippen molar-refractivity contribution in [2.24, 2.45) is 10.2 Å². The molecule has 0 amide bonds. The highest BCUT2D eigenvalue weighted by Crippen LogP contribution is 2.28. The molecule has 2 rings (SSSR count). The molecule has 6 nitrogen and oxygen atoms in total. The van der Waals surface area contributed by atoms with Crippen molar-refractivity contribution in [1.29, 1.82) is 0 Å². The van der Waals surface area contributed by atoms with Crippen LogP contribution in [0.25, 0.3) is 0 Å². The molecule has 0 bridgehead atoms. The fourth-order valence-electron chi connectivity index (χ4n) is 1.36. The minimum absolute atomic E-state index is 0.473. The summed E-state index contributed by atoms with van der Waals surface area (Å²) in [7, 11) is 0. The maximum Gasteiger partial charge on any atom is 0.134 e. The summed E-state index contributed by atoms with van der Waals surface area (Å²) >= 11 is -0.869. The molecule has 1 aromatic rings. The summed E-state index contributed by atoms with van der Waals surface area (Å²) in [5.74, 6) is 0. The van der Waals surface area contributed by atoms with Crippen LogP contribution in [-0.2, 0) is 0 Å². The third kappa shape index (κ3) is 3.61. The average molecular weight is 370 g/mol. The Morgan fingerprint density at radius 1 is 1.16 bits per heavy atom. The van der Waals surface area contributed by atoms with Crippen LogP contribution in [0.4, 0.5) is 17.1 Å². The SMILES string of the molecule is Cc1cc(N=NC2=IN([O-])C=CC=C2)c(N)cc1N. The maximum absolute atomic E-state index is 11.3. The van der Waals surface area contributed by atoms with Gasteiger partial charge in [-0.2, -0.15) is 0 Å². The molecule has 0 radical (unpaired) electrons. The largest absolute Gasteiger partial charge is 0.750 e. The molecular weight excluding hydrogens is 357 g/mol. The van der Waals surface area contributed by atoms with E-state index >= 15 is 0 Å². The van der Waals surface area contributed by atoms with Crippen LogP contribution in [0.15, 0.2) is 46.8 Å². The van der Waals surface area contributed by atoms with Gasteiger partial charge in [-0.3, -0.25) is 0 Å². The van der Waals surface area contributed by atoms with E-state index in [1.54, 1.807) is 30.4 Å². The van der Waals surface area contributed by atoms with Crippen molar-refractivity contribution in [2.75, 3.05) is 11.5 Å². The second-order valence-corrected chi connectivity index (χ2v) is 6.39. The maximum atomic E-state index is 11.3. The molecule has 1 heterocycles. The molecule has 4 N–H and O–H groups in total. The van der Waals surface area contributed by atoms with Gasteiger partial charge in [-0.05, 0) is 43.0 Å². The van der Waals surface area contributed by atoms with Crippen molar-refractivity contribution < 1.29 is 0 Å². The number of rotatable bonds is 2. The van der Waals surface area contributed by atoms with Crippen LogP contribution in [-0.4, -0.2) is 6.91 Å². The van der Waals surface area contributed by atoms with Crippen molar-refractivity contribution >= 4 is 41.7 Å². The standard InChI is InChI=1S/C12H13IN5O/c1-8-6-11(10(15)7-9(8)14)16-17-12-4-2-3-5-18(19)13-12/h2-7H,14-15H2,1H3/q-1. The Morgan fingerprint density at radius 2 is 1.95 bits per heavy atom. The van der Waals surface area contributed by atoms with E-state index in [0.29, 0.717) is 20.7 Å². The smallest absolute Gasteiger partial charge is 0.134 e. The Balaban J connectivity index is 2.26. The predicted octanol–water partition coefficient (Wildman–Crippen LogP) is 3.14. The number of hydroxylamine groups is 1. The number of allylic oxidation sites excluding steroid dienone is 2. The summed E-state index contributed by atoms with van der Waals surface area (Å²) in [6, 6.07) is 3.44. The molecule has 0 aliphatic carbocycles. The van der Waals surface area contributed by atoms with Crippen LogP contribution in [0.3, 0.4) is 0 Å². The van der Waals surface area contributed by atoms with E-state index in [4.69, 9.17) is 11.5 Å². The summed E-state index contributed by atoms with van der Waals surface area (Å²) in [6.07, 6.45) is 6.71. The lowest BCUT2D eigenvalue weighted by Gasteiger charge is -2.18. The number of nitrogens with zero attached hydrogens (tertiary/aromatic N) is 3. The number of halogens is 1. The highest BCUT2D eigenvalue weighted by atomic mass is 127. The molecule has 0 aromatic heterocycles. The summed E-state index contributed by atoms with van der Waals surface area (Å²) in [4.78, 5) is 0. The van der Waals surface area contributed by atoms with E-state index in [0.717, 1.165) is 8.84 Å². The van der Waals surface area contributed by atoms with Crippen LogP contribution < -0.4 is 11.5 Å². The monoisotopic (exact) mass is 370 g/mol. The van der Waals surface area contributed by atoms with Crippen LogP contribution in [0.1, 0.15) is 5.56 Å². The summed E-state index contributed by atoms with van der Waals surface area (Å²) in [5, 5.41) is 19.5. The molecule has 0 spiro atoms. The van der Waals surface area contributed by atoms with E-state index in [1.165, 1.54) is 6.20 Å². The van der Waals surface area contributed by atoms with Crippen molar-refractivity contribution in [3.63, 3.8) is 0 Å². The Kier molecular flexibility index (Phi) is 4.27. The molecule has 0 saturated heterocycles. The van der Waals surface area contributed by atoms with E-state index in [1.807, 2.05) is 6.92 Å². The van der Waals surface area contributed by atoms with Gasteiger partial charge in [0.15, 0.2) is 0 Å². The van der Waals surface area contributed by atoms with Gasteiger partial charge in [0, 0.05) is 26.7 Å². The first-order valence-electron chi connectivity index (χ1n) is 5.47. The molecule has 1 aliphatic rings. The normalized spacial score (nSPS) is 15.3. The highest BCUT2D eigenvalue weighted by molar-refractivity contribution is 14.2. The van der Waals surface area contributed by atoms with Crippen LogP contribution in [0.2, 0.25) is 0 Å². The third-order valence-corrected chi connectivity index (χ3v) is 4.25. The van der Waals surface area contributed by atoms with Gasteiger partial charge >= 0.3 is 0 Å². The van der Waals surface area contributed by atoms with Crippen molar-refractivity contribution in [2.45, 2.75) is 6.92 Å². The minimum atomic E-state index is -0.869. The van der Waals surface area contributed by atoms with Gasteiger partial charge in [0.1, 0.15) is 9.32 Å². The first-order valence-corrected chi connectivity index (χ1v) is 7.51. The number of hydrogen-bond acceptors (Lipinski definition) is 6. The number of azo groups is 1. The fraction of sp³-hybridized carbons (Fsp3) is 0.0833. The molecule has 0 unspecified atom stereocenters. The van der Waals surface area contributed by atoms with Gasteiger partial charge in [-0.15, -0.1) is 10.2 Å². The molecule has 0 atom stereocenters. The molecule has 19 heavy (non-hydrogen) atoms. The Hall–Kier alpha value is -1.74. The van der Waals surface area contributed by atoms with E-state index in [9.17, 15) is 5.21 Å².